The molecule has 1 amide bonds. The van der Waals surface area contributed by atoms with Gasteiger partial charge in [-0.3, -0.25) is 4.79 Å². The van der Waals surface area contributed by atoms with E-state index in [9.17, 15) is 4.79 Å². The molecule has 0 aromatic heterocycles. The first-order valence-corrected chi connectivity index (χ1v) is 3.39. The Morgan fingerprint density at radius 3 is 2.73 bits per heavy atom. The molecule has 0 radical (unpaired) electrons. The Morgan fingerprint density at radius 2 is 2.36 bits per heavy atom. The summed E-state index contributed by atoms with van der Waals surface area (Å²) >= 11 is 5.03. The molecular weight excluding hydrogens is 166 g/mol. The molecular formula is C7H10ClNO2. The van der Waals surface area contributed by atoms with Crippen molar-refractivity contribution in [2.24, 2.45) is 0 Å². The van der Waals surface area contributed by atoms with E-state index in [2.05, 4.69) is 18.5 Å². The number of halogens is 1. The Bertz CT molecular complexity index is 159. The standard InChI is InChI=1S/C7H10ClNO2/c1-3-5-11-6(4-2)9-7(8)10/h3-4,6H,1-2,5H2,(H,9,10). The van der Waals surface area contributed by atoms with Gasteiger partial charge in [-0.15, -0.1) is 6.58 Å². The van der Waals surface area contributed by atoms with Gasteiger partial charge in [0.25, 0.3) is 0 Å². The average molecular weight is 176 g/mol. The van der Waals surface area contributed by atoms with Crippen LogP contribution < -0.4 is 5.32 Å². The van der Waals surface area contributed by atoms with Gasteiger partial charge in [-0.25, -0.2) is 0 Å². The average Bonchev–Trinajstić information content (AvgIpc) is 1.97. The van der Waals surface area contributed by atoms with Crippen LogP contribution in [-0.2, 0) is 4.74 Å². The van der Waals surface area contributed by atoms with Gasteiger partial charge in [0.05, 0.1) is 6.61 Å². The van der Waals surface area contributed by atoms with Crippen LogP contribution in [0.2, 0.25) is 0 Å². The first-order valence-electron chi connectivity index (χ1n) is 3.01. The number of rotatable bonds is 5. The van der Waals surface area contributed by atoms with E-state index in [1.54, 1.807) is 6.08 Å². The molecule has 0 saturated carbocycles. The second kappa shape index (κ2) is 5.95. The number of nitrogens with one attached hydrogen (secondary N) is 1. The normalized spacial score (nSPS) is 11.7. The quantitative estimate of drug-likeness (QED) is 0.299. The minimum Gasteiger partial charge on any atom is -0.351 e. The Balaban J connectivity index is 3.65. The SMILES string of the molecule is C=CCOC(C=C)NC(=O)Cl. The number of carbonyl (C=O) groups excluding carboxylic acids is 1. The van der Waals surface area contributed by atoms with Crippen molar-refractivity contribution in [2.75, 3.05) is 6.61 Å². The van der Waals surface area contributed by atoms with Gasteiger partial charge in [0.1, 0.15) is 6.23 Å². The Labute approximate surface area is 70.7 Å². The Hall–Kier alpha value is -0.800. The van der Waals surface area contributed by atoms with E-state index in [1.165, 1.54) is 6.08 Å². The molecule has 0 aliphatic heterocycles. The van der Waals surface area contributed by atoms with E-state index >= 15 is 0 Å². The lowest BCUT2D eigenvalue weighted by molar-refractivity contribution is 0.0938. The van der Waals surface area contributed by atoms with E-state index < -0.39 is 11.6 Å². The van der Waals surface area contributed by atoms with Crippen LogP contribution in [0.4, 0.5) is 4.79 Å². The molecule has 0 aliphatic carbocycles. The summed E-state index contributed by atoms with van der Waals surface area (Å²) in [6.07, 6.45) is 2.46. The molecule has 1 unspecified atom stereocenters. The van der Waals surface area contributed by atoms with Gasteiger partial charge < -0.3 is 10.1 Å². The summed E-state index contributed by atoms with van der Waals surface area (Å²) in [7, 11) is 0. The maximum Gasteiger partial charge on any atom is 0.316 e. The summed E-state index contributed by atoms with van der Waals surface area (Å²) in [6.45, 7) is 7.22. The molecule has 11 heavy (non-hydrogen) atoms. The maximum absolute atomic E-state index is 10.3. The number of carbonyl (C=O) groups is 1. The van der Waals surface area contributed by atoms with E-state index in [1.807, 2.05) is 0 Å². The molecule has 0 spiro atoms. The fraction of sp³-hybridized carbons (Fsp3) is 0.286. The molecule has 0 fully saturated rings. The maximum atomic E-state index is 10.3. The van der Waals surface area contributed by atoms with Crippen LogP contribution in [0.25, 0.3) is 0 Å². The molecule has 0 saturated heterocycles. The number of hydrogen-bond donors (Lipinski definition) is 1. The molecule has 3 nitrogen and oxygen atoms in total. The van der Waals surface area contributed by atoms with Crippen LogP contribution in [0.15, 0.2) is 25.3 Å². The Morgan fingerprint density at radius 1 is 1.73 bits per heavy atom. The minimum atomic E-state index is -0.668. The topological polar surface area (TPSA) is 38.3 Å². The van der Waals surface area contributed by atoms with E-state index in [4.69, 9.17) is 16.3 Å². The highest BCUT2D eigenvalue weighted by Crippen LogP contribution is 1.90. The fourth-order valence-corrected chi connectivity index (χ4v) is 0.560. The van der Waals surface area contributed by atoms with Gasteiger partial charge in [0.15, 0.2) is 0 Å². The molecule has 0 aromatic carbocycles. The second-order valence-electron chi connectivity index (χ2n) is 1.70. The highest BCUT2D eigenvalue weighted by atomic mass is 35.5. The van der Waals surface area contributed by atoms with Crippen molar-refractivity contribution in [3.05, 3.63) is 25.3 Å². The Kier molecular flexibility index (Phi) is 5.51. The molecule has 0 aliphatic rings. The zero-order chi connectivity index (χ0) is 8.69. The van der Waals surface area contributed by atoms with Crippen molar-refractivity contribution < 1.29 is 9.53 Å². The largest absolute Gasteiger partial charge is 0.351 e. The van der Waals surface area contributed by atoms with E-state index in [0.717, 1.165) is 0 Å². The van der Waals surface area contributed by atoms with Crippen LogP contribution in [0.3, 0.4) is 0 Å². The van der Waals surface area contributed by atoms with E-state index in [-0.39, 0.29) is 0 Å². The van der Waals surface area contributed by atoms with Crippen LogP contribution >= 0.6 is 11.6 Å². The van der Waals surface area contributed by atoms with Gasteiger partial charge in [-0.05, 0) is 17.7 Å². The van der Waals surface area contributed by atoms with Crippen molar-refractivity contribution in [1.82, 2.24) is 5.32 Å². The smallest absolute Gasteiger partial charge is 0.316 e. The van der Waals surface area contributed by atoms with E-state index in [0.29, 0.717) is 6.61 Å². The summed E-state index contributed by atoms with van der Waals surface area (Å²) in [6, 6.07) is 0. The summed E-state index contributed by atoms with van der Waals surface area (Å²) in [4.78, 5) is 10.3. The third kappa shape index (κ3) is 5.63. The third-order valence-corrected chi connectivity index (χ3v) is 0.973. The molecule has 0 bridgehead atoms. The molecule has 1 N–H and O–H groups in total. The molecule has 0 heterocycles. The minimum absolute atomic E-state index is 0.341. The summed E-state index contributed by atoms with van der Waals surface area (Å²) in [5.74, 6) is 0. The molecule has 4 heteroatoms. The molecule has 0 aromatic rings. The zero-order valence-electron chi connectivity index (χ0n) is 6.05. The van der Waals surface area contributed by atoms with Crippen LogP contribution in [0, 0.1) is 0 Å². The van der Waals surface area contributed by atoms with Crippen molar-refractivity contribution in [1.29, 1.82) is 0 Å². The number of ether oxygens (including phenoxy) is 1. The number of amides is 1. The first kappa shape index (κ1) is 10.2. The van der Waals surface area contributed by atoms with Crippen LogP contribution in [0.1, 0.15) is 0 Å². The fourth-order valence-electron chi connectivity index (χ4n) is 0.452. The highest BCUT2D eigenvalue weighted by Gasteiger charge is 2.03. The van der Waals surface area contributed by atoms with Crippen molar-refractivity contribution in [3.8, 4) is 0 Å². The van der Waals surface area contributed by atoms with Crippen molar-refractivity contribution >= 4 is 17.0 Å². The highest BCUT2D eigenvalue weighted by molar-refractivity contribution is 6.62. The summed E-state index contributed by atoms with van der Waals surface area (Å²) in [5, 5.41) is 1.64. The lowest BCUT2D eigenvalue weighted by atomic mass is 10.5. The van der Waals surface area contributed by atoms with Gasteiger partial charge in [-0.1, -0.05) is 12.7 Å². The van der Waals surface area contributed by atoms with Crippen molar-refractivity contribution in [3.63, 3.8) is 0 Å². The first-order chi connectivity index (χ1) is 5.20. The molecule has 0 rings (SSSR count). The van der Waals surface area contributed by atoms with Gasteiger partial charge in [-0.2, -0.15) is 0 Å². The molecule has 62 valence electrons. The van der Waals surface area contributed by atoms with Crippen LogP contribution in [-0.4, -0.2) is 18.2 Å². The summed E-state index contributed by atoms with van der Waals surface area (Å²) in [5.41, 5.74) is 0. The lowest BCUT2D eigenvalue weighted by Gasteiger charge is -2.11. The third-order valence-electron chi connectivity index (χ3n) is 0.863. The van der Waals surface area contributed by atoms with Crippen LogP contribution in [0.5, 0.6) is 0 Å². The number of hydrogen-bond acceptors (Lipinski definition) is 2. The predicted octanol–water partition coefficient (Wildman–Crippen LogP) is 1.65. The summed E-state index contributed by atoms with van der Waals surface area (Å²) < 4.78 is 5.00. The van der Waals surface area contributed by atoms with Gasteiger partial charge >= 0.3 is 5.37 Å². The van der Waals surface area contributed by atoms with Gasteiger partial charge in [0.2, 0.25) is 0 Å². The van der Waals surface area contributed by atoms with Crippen molar-refractivity contribution in [2.45, 2.75) is 6.23 Å². The zero-order valence-corrected chi connectivity index (χ0v) is 6.80. The molecule has 1 atom stereocenters. The van der Waals surface area contributed by atoms with Gasteiger partial charge in [0, 0.05) is 0 Å². The monoisotopic (exact) mass is 175 g/mol. The lowest BCUT2D eigenvalue weighted by Crippen LogP contribution is -2.31. The predicted molar refractivity (Wildman–Crippen MR) is 44.5 cm³/mol. The second-order valence-corrected chi connectivity index (χ2v) is 2.04.